The molecule has 0 radical (unpaired) electrons. The van der Waals surface area contributed by atoms with Gasteiger partial charge < -0.3 is 14.5 Å². The van der Waals surface area contributed by atoms with Gasteiger partial charge in [-0.3, -0.25) is 0 Å². The van der Waals surface area contributed by atoms with Crippen molar-refractivity contribution in [3.05, 3.63) is 35.7 Å². The number of esters is 1. The lowest BCUT2D eigenvalue weighted by Crippen LogP contribution is -2.22. The maximum atomic E-state index is 12.5. The molecule has 0 bridgehead atoms. The summed E-state index contributed by atoms with van der Waals surface area (Å²) in [6, 6.07) is 7.60. The number of hydrogen-bond donors (Lipinski definition) is 1. The molecule has 1 heterocycles. The second-order valence-corrected chi connectivity index (χ2v) is 6.52. The number of imidazole rings is 1. The highest BCUT2D eigenvalue weighted by Crippen LogP contribution is 2.56. The Morgan fingerprint density at radius 2 is 2.13 bits per heavy atom. The SMILES string of the molecule is COc1cccc(-c2nc(C(=O)OC3(C4CC4)CC3)c(C)[nH]2)c1. The first-order valence-corrected chi connectivity index (χ1v) is 8.06. The first-order valence-electron chi connectivity index (χ1n) is 8.06. The molecule has 2 aromatic rings. The van der Waals surface area contributed by atoms with Crippen molar-refractivity contribution < 1.29 is 14.3 Å². The Bertz CT molecular complexity index is 757. The zero-order chi connectivity index (χ0) is 16.0. The van der Waals surface area contributed by atoms with Gasteiger partial charge in [0.05, 0.1) is 7.11 Å². The Hall–Kier alpha value is -2.30. The third-order valence-corrected chi connectivity index (χ3v) is 4.78. The van der Waals surface area contributed by atoms with Crippen LogP contribution in [0.25, 0.3) is 11.4 Å². The van der Waals surface area contributed by atoms with E-state index in [1.54, 1.807) is 7.11 Å². The molecule has 5 nitrogen and oxygen atoms in total. The quantitative estimate of drug-likeness (QED) is 0.858. The minimum absolute atomic E-state index is 0.182. The number of aryl methyl sites for hydroxylation is 1. The summed E-state index contributed by atoms with van der Waals surface area (Å²) in [5, 5.41) is 0. The van der Waals surface area contributed by atoms with Gasteiger partial charge in [-0.1, -0.05) is 12.1 Å². The molecule has 0 unspecified atom stereocenters. The molecule has 1 aromatic heterocycles. The van der Waals surface area contributed by atoms with Gasteiger partial charge in [0.1, 0.15) is 17.2 Å². The van der Waals surface area contributed by atoms with Crippen molar-refractivity contribution >= 4 is 5.97 Å². The van der Waals surface area contributed by atoms with Crippen molar-refractivity contribution in [2.75, 3.05) is 7.11 Å². The van der Waals surface area contributed by atoms with Crippen LogP contribution in [0.3, 0.4) is 0 Å². The van der Waals surface area contributed by atoms with Gasteiger partial charge >= 0.3 is 5.97 Å². The summed E-state index contributed by atoms with van der Waals surface area (Å²) in [7, 11) is 1.63. The Morgan fingerprint density at radius 3 is 2.78 bits per heavy atom. The number of nitrogens with one attached hydrogen (secondary N) is 1. The molecule has 0 aliphatic heterocycles. The molecule has 1 N–H and O–H groups in total. The molecule has 2 aliphatic carbocycles. The van der Waals surface area contributed by atoms with Gasteiger partial charge in [-0.25, -0.2) is 9.78 Å². The zero-order valence-corrected chi connectivity index (χ0v) is 13.4. The normalized spacial score (nSPS) is 18.5. The smallest absolute Gasteiger partial charge is 0.359 e. The highest BCUT2D eigenvalue weighted by molar-refractivity contribution is 5.90. The lowest BCUT2D eigenvalue weighted by atomic mass is 10.2. The molecular formula is C18H20N2O3. The average molecular weight is 312 g/mol. The van der Waals surface area contributed by atoms with Gasteiger partial charge in [0.2, 0.25) is 0 Å². The Kier molecular flexibility index (Phi) is 3.18. The van der Waals surface area contributed by atoms with Crippen molar-refractivity contribution in [2.24, 2.45) is 5.92 Å². The van der Waals surface area contributed by atoms with Crippen molar-refractivity contribution in [2.45, 2.75) is 38.2 Å². The molecule has 0 saturated heterocycles. The van der Waals surface area contributed by atoms with Gasteiger partial charge in [0.15, 0.2) is 5.69 Å². The first-order chi connectivity index (χ1) is 11.1. The minimum Gasteiger partial charge on any atom is -0.497 e. The first kappa shape index (κ1) is 14.3. The van der Waals surface area contributed by atoms with E-state index < -0.39 is 0 Å². The number of benzene rings is 1. The van der Waals surface area contributed by atoms with E-state index in [9.17, 15) is 4.79 Å². The van der Waals surface area contributed by atoms with Gasteiger partial charge in [-0.15, -0.1) is 0 Å². The number of nitrogens with zero attached hydrogens (tertiary/aromatic N) is 1. The largest absolute Gasteiger partial charge is 0.497 e. The third-order valence-electron chi connectivity index (χ3n) is 4.78. The van der Waals surface area contributed by atoms with Crippen LogP contribution >= 0.6 is 0 Å². The van der Waals surface area contributed by atoms with Crippen LogP contribution < -0.4 is 4.74 Å². The lowest BCUT2D eigenvalue weighted by molar-refractivity contribution is 0.0153. The molecule has 23 heavy (non-hydrogen) atoms. The van der Waals surface area contributed by atoms with Crippen molar-refractivity contribution in [1.82, 2.24) is 9.97 Å². The Morgan fingerprint density at radius 1 is 1.35 bits per heavy atom. The fourth-order valence-corrected chi connectivity index (χ4v) is 3.13. The topological polar surface area (TPSA) is 64.2 Å². The summed E-state index contributed by atoms with van der Waals surface area (Å²) < 4.78 is 11.0. The minimum atomic E-state index is -0.308. The Labute approximate surface area is 135 Å². The number of rotatable bonds is 5. The van der Waals surface area contributed by atoms with Crippen LogP contribution in [0, 0.1) is 12.8 Å². The van der Waals surface area contributed by atoms with E-state index >= 15 is 0 Å². The summed E-state index contributed by atoms with van der Waals surface area (Å²) in [4.78, 5) is 20.1. The van der Waals surface area contributed by atoms with Crippen molar-refractivity contribution in [3.8, 4) is 17.1 Å². The van der Waals surface area contributed by atoms with Crippen LogP contribution in [-0.4, -0.2) is 28.6 Å². The fraction of sp³-hybridized carbons (Fsp3) is 0.444. The lowest BCUT2D eigenvalue weighted by Gasteiger charge is -2.14. The van der Waals surface area contributed by atoms with Crippen LogP contribution in [-0.2, 0) is 4.74 Å². The monoisotopic (exact) mass is 312 g/mol. The van der Waals surface area contributed by atoms with E-state index in [2.05, 4.69) is 9.97 Å². The van der Waals surface area contributed by atoms with Gasteiger partial charge in [0.25, 0.3) is 0 Å². The number of carbonyl (C=O) groups is 1. The van der Waals surface area contributed by atoms with Crippen molar-refractivity contribution in [3.63, 3.8) is 0 Å². The van der Waals surface area contributed by atoms with E-state index in [4.69, 9.17) is 9.47 Å². The number of carbonyl (C=O) groups excluding carboxylic acids is 1. The maximum Gasteiger partial charge on any atom is 0.359 e. The highest BCUT2D eigenvalue weighted by Gasteiger charge is 2.57. The van der Waals surface area contributed by atoms with E-state index in [1.807, 2.05) is 31.2 Å². The molecule has 2 saturated carbocycles. The van der Waals surface area contributed by atoms with E-state index in [0.29, 0.717) is 17.4 Å². The van der Waals surface area contributed by atoms with Crippen LogP contribution in [0.4, 0.5) is 0 Å². The fourth-order valence-electron chi connectivity index (χ4n) is 3.13. The zero-order valence-electron chi connectivity index (χ0n) is 13.4. The molecule has 2 aliphatic rings. The molecule has 4 rings (SSSR count). The summed E-state index contributed by atoms with van der Waals surface area (Å²) >= 11 is 0. The van der Waals surface area contributed by atoms with Crippen LogP contribution in [0.2, 0.25) is 0 Å². The predicted molar refractivity (Wildman–Crippen MR) is 85.4 cm³/mol. The standard InChI is InChI=1S/C18H20N2O3/c1-11-15(17(21)23-18(8-9-18)13-6-7-13)20-16(19-11)12-4-3-5-14(10-12)22-2/h3-5,10,13H,6-9H2,1-2H3,(H,19,20). The molecule has 0 atom stereocenters. The summed E-state index contributed by atoms with van der Waals surface area (Å²) in [5.74, 6) is 1.68. The number of methoxy groups -OCH3 is 1. The average Bonchev–Trinajstić information content (AvgIpc) is 3.46. The highest BCUT2D eigenvalue weighted by atomic mass is 16.6. The van der Waals surface area contributed by atoms with Crippen molar-refractivity contribution in [1.29, 1.82) is 0 Å². The van der Waals surface area contributed by atoms with Gasteiger partial charge in [-0.2, -0.15) is 0 Å². The van der Waals surface area contributed by atoms with E-state index in [-0.39, 0.29) is 11.6 Å². The molecule has 0 spiro atoms. The second kappa shape index (κ2) is 5.11. The molecular weight excluding hydrogens is 292 g/mol. The third kappa shape index (κ3) is 2.60. The van der Waals surface area contributed by atoms with E-state index in [1.165, 1.54) is 12.8 Å². The molecule has 5 heteroatoms. The van der Waals surface area contributed by atoms with E-state index in [0.717, 1.165) is 29.8 Å². The molecule has 0 amide bonds. The number of hydrogen-bond acceptors (Lipinski definition) is 4. The summed E-state index contributed by atoms with van der Waals surface area (Å²) in [6.07, 6.45) is 4.36. The Balaban J connectivity index is 1.58. The van der Waals surface area contributed by atoms with Gasteiger partial charge in [-0.05, 0) is 50.7 Å². The van der Waals surface area contributed by atoms with Crippen LogP contribution in [0.1, 0.15) is 41.9 Å². The molecule has 1 aromatic carbocycles. The molecule has 2 fully saturated rings. The summed E-state index contributed by atoms with van der Waals surface area (Å²) in [6.45, 7) is 1.85. The maximum absolute atomic E-state index is 12.5. The number of H-pyrrole nitrogens is 1. The molecule has 120 valence electrons. The number of ether oxygens (including phenoxy) is 2. The van der Waals surface area contributed by atoms with Crippen LogP contribution in [0.15, 0.2) is 24.3 Å². The van der Waals surface area contributed by atoms with Crippen LogP contribution in [0.5, 0.6) is 5.75 Å². The van der Waals surface area contributed by atoms with Gasteiger partial charge in [0, 0.05) is 11.3 Å². The second-order valence-electron chi connectivity index (χ2n) is 6.52. The number of aromatic nitrogens is 2. The summed E-state index contributed by atoms with van der Waals surface area (Å²) in [5.41, 5.74) is 1.82. The predicted octanol–water partition coefficient (Wildman–Crippen LogP) is 3.49. The number of aromatic amines is 1.